The van der Waals surface area contributed by atoms with Gasteiger partial charge in [0, 0.05) is 0 Å². The van der Waals surface area contributed by atoms with E-state index in [4.69, 9.17) is 5.73 Å². The molecule has 0 aliphatic carbocycles. The summed E-state index contributed by atoms with van der Waals surface area (Å²) in [5.74, 6) is 0. The van der Waals surface area contributed by atoms with Crippen LogP contribution in [-0.2, 0) is 0 Å². The predicted octanol–water partition coefficient (Wildman–Crippen LogP) is 1.77. The fourth-order valence-electron chi connectivity index (χ4n) is 0.819. The first kappa shape index (κ1) is 9.39. The molecule has 1 atom stereocenters. The summed E-state index contributed by atoms with van der Waals surface area (Å²) in [6.07, 6.45) is 7.88. The first-order valence-electron chi connectivity index (χ1n) is 3.82. The molecule has 1 nitrogen and oxygen atoms in total. The van der Waals surface area contributed by atoms with Crippen molar-refractivity contribution in [3.05, 3.63) is 0 Å². The SMILES string of the molecule is NCCCCCCCP. The van der Waals surface area contributed by atoms with Crippen LogP contribution in [0.4, 0.5) is 0 Å². The second-order valence-corrected chi connectivity index (χ2v) is 2.92. The lowest BCUT2D eigenvalue weighted by molar-refractivity contribution is 0.640. The largest absolute Gasteiger partial charge is 0.330 e. The molecule has 0 fully saturated rings. The topological polar surface area (TPSA) is 26.0 Å². The number of hydrogen-bond acceptors (Lipinski definition) is 1. The molecule has 2 heteroatoms. The third-order valence-corrected chi connectivity index (χ3v) is 1.82. The van der Waals surface area contributed by atoms with Gasteiger partial charge in [-0.1, -0.05) is 19.3 Å². The molecule has 0 heterocycles. The Balaban J connectivity index is 2.60. The lowest BCUT2D eigenvalue weighted by Gasteiger charge is -1.96. The van der Waals surface area contributed by atoms with E-state index < -0.39 is 0 Å². The van der Waals surface area contributed by atoms with Crippen molar-refractivity contribution in [3.63, 3.8) is 0 Å². The minimum absolute atomic E-state index is 0.862. The number of nitrogens with two attached hydrogens (primary N) is 1. The van der Waals surface area contributed by atoms with Crippen LogP contribution < -0.4 is 5.73 Å². The third kappa shape index (κ3) is 8.39. The Kier molecular flexibility index (Phi) is 8.75. The van der Waals surface area contributed by atoms with Gasteiger partial charge in [-0.05, 0) is 25.5 Å². The Labute approximate surface area is 60.6 Å². The quantitative estimate of drug-likeness (QED) is 0.449. The zero-order valence-corrected chi connectivity index (χ0v) is 7.26. The second kappa shape index (κ2) is 8.39. The highest BCUT2D eigenvalue weighted by molar-refractivity contribution is 7.16. The van der Waals surface area contributed by atoms with Crippen molar-refractivity contribution in [2.75, 3.05) is 12.7 Å². The fraction of sp³-hybridized carbons (Fsp3) is 1.00. The lowest BCUT2D eigenvalue weighted by atomic mass is 10.2. The summed E-state index contributed by atoms with van der Waals surface area (Å²) < 4.78 is 0. The van der Waals surface area contributed by atoms with Crippen molar-refractivity contribution in [1.29, 1.82) is 0 Å². The van der Waals surface area contributed by atoms with Crippen molar-refractivity contribution in [3.8, 4) is 0 Å². The molecule has 0 saturated heterocycles. The maximum atomic E-state index is 5.34. The molecular weight excluding hydrogens is 129 g/mol. The summed E-state index contributed by atoms with van der Waals surface area (Å²) in [4.78, 5) is 0. The minimum atomic E-state index is 0.862. The van der Waals surface area contributed by atoms with Gasteiger partial charge in [0.25, 0.3) is 0 Å². The summed E-state index contributed by atoms with van der Waals surface area (Å²) in [6, 6.07) is 0. The second-order valence-electron chi connectivity index (χ2n) is 2.35. The van der Waals surface area contributed by atoms with Gasteiger partial charge in [0.2, 0.25) is 0 Å². The number of unbranched alkanes of at least 4 members (excludes halogenated alkanes) is 4. The van der Waals surface area contributed by atoms with Crippen LogP contribution in [0.15, 0.2) is 0 Å². The molecule has 0 radical (unpaired) electrons. The van der Waals surface area contributed by atoms with Gasteiger partial charge in [0.15, 0.2) is 0 Å². The average molecular weight is 147 g/mol. The predicted molar refractivity (Wildman–Crippen MR) is 46.7 cm³/mol. The molecule has 0 spiro atoms. The summed E-state index contributed by atoms with van der Waals surface area (Å²) >= 11 is 0. The molecule has 56 valence electrons. The minimum Gasteiger partial charge on any atom is -0.330 e. The van der Waals surface area contributed by atoms with E-state index in [1.807, 2.05) is 0 Å². The van der Waals surface area contributed by atoms with Crippen molar-refractivity contribution in [2.24, 2.45) is 5.73 Å². The van der Waals surface area contributed by atoms with Crippen LogP contribution in [0.2, 0.25) is 0 Å². The average Bonchev–Trinajstić information content (AvgIpc) is 1.89. The Morgan fingerprint density at radius 3 is 2.00 bits per heavy atom. The van der Waals surface area contributed by atoms with Gasteiger partial charge in [-0.25, -0.2) is 0 Å². The van der Waals surface area contributed by atoms with E-state index in [2.05, 4.69) is 9.24 Å². The van der Waals surface area contributed by atoms with E-state index in [0.717, 1.165) is 6.54 Å². The normalized spacial score (nSPS) is 10.0. The van der Waals surface area contributed by atoms with Gasteiger partial charge in [-0.15, -0.1) is 9.24 Å². The van der Waals surface area contributed by atoms with E-state index in [9.17, 15) is 0 Å². The van der Waals surface area contributed by atoms with Gasteiger partial charge in [0.05, 0.1) is 0 Å². The van der Waals surface area contributed by atoms with Crippen LogP contribution in [0, 0.1) is 0 Å². The van der Waals surface area contributed by atoms with Crippen molar-refractivity contribution in [1.82, 2.24) is 0 Å². The smallest absolute Gasteiger partial charge is 0.00773 e. The molecule has 0 aliphatic heterocycles. The Bertz CT molecular complexity index is 42.2. The summed E-state index contributed by atoms with van der Waals surface area (Å²) in [5.41, 5.74) is 5.34. The van der Waals surface area contributed by atoms with Gasteiger partial charge < -0.3 is 5.73 Å². The molecule has 0 amide bonds. The standard InChI is InChI=1S/C7H18NP/c8-6-4-2-1-3-5-7-9/h1-9H2. The molecule has 0 aromatic carbocycles. The van der Waals surface area contributed by atoms with Crippen molar-refractivity contribution < 1.29 is 0 Å². The van der Waals surface area contributed by atoms with Crippen LogP contribution >= 0.6 is 9.24 Å². The van der Waals surface area contributed by atoms with Gasteiger partial charge in [-0.3, -0.25) is 0 Å². The number of hydrogen-bond donors (Lipinski definition) is 1. The van der Waals surface area contributed by atoms with Gasteiger partial charge in [-0.2, -0.15) is 0 Å². The van der Waals surface area contributed by atoms with Crippen LogP contribution in [0.5, 0.6) is 0 Å². The molecule has 0 bridgehead atoms. The van der Waals surface area contributed by atoms with E-state index in [1.54, 1.807) is 0 Å². The Morgan fingerprint density at radius 2 is 1.44 bits per heavy atom. The molecule has 0 aromatic rings. The molecule has 0 aliphatic rings. The van der Waals surface area contributed by atoms with Crippen molar-refractivity contribution >= 4 is 9.24 Å². The zero-order chi connectivity index (χ0) is 6.95. The Morgan fingerprint density at radius 1 is 0.889 bits per heavy atom. The third-order valence-electron chi connectivity index (χ3n) is 1.41. The highest BCUT2D eigenvalue weighted by Gasteiger charge is 1.85. The maximum Gasteiger partial charge on any atom is -0.00773 e. The van der Waals surface area contributed by atoms with E-state index in [0.29, 0.717) is 0 Å². The first-order valence-corrected chi connectivity index (χ1v) is 4.63. The highest BCUT2D eigenvalue weighted by Crippen LogP contribution is 2.03. The summed E-state index contributed by atoms with van der Waals surface area (Å²) in [5, 5.41) is 0. The van der Waals surface area contributed by atoms with Gasteiger partial charge in [0.1, 0.15) is 0 Å². The van der Waals surface area contributed by atoms with E-state index in [1.165, 1.54) is 38.3 Å². The Hall–Kier alpha value is 0.390. The molecule has 0 aromatic heterocycles. The van der Waals surface area contributed by atoms with E-state index in [-0.39, 0.29) is 0 Å². The molecule has 0 saturated carbocycles. The monoisotopic (exact) mass is 147 g/mol. The molecule has 0 rings (SSSR count). The summed E-state index contributed by atoms with van der Waals surface area (Å²) in [7, 11) is 2.75. The fourth-order valence-corrected chi connectivity index (χ4v) is 1.11. The highest BCUT2D eigenvalue weighted by atomic mass is 31.0. The van der Waals surface area contributed by atoms with Crippen LogP contribution in [0.3, 0.4) is 0 Å². The van der Waals surface area contributed by atoms with E-state index >= 15 is 0 Å². The molecule has 2 N–H and O–H groups in total. The first-order chi connectivity index (χ1) is 4.41. The van der Waals surface area contributed by atoms with Crippen molar-refractivity contribution in [2.45, 2.75) is 32.1 Å². The maximum absolute atomic E-state index is 5.34. The lowest BCUT2D eigenvalue weighted by Crippen LogP contribution is -1.97. The molecule has 9 heavy (non-hydrogen) atoms. The zero-order valence-electron chi connectivity index (χ0n) is 6.10. The molecule has 1 unspecified atom stereocenters. The molecular formula is C7H18NP. The van der Waals surface area contributed by atoms with Crippen LogP contribution in [0.25, 0.3) is 0 Å². The van der Waals surface area contributed by atoms with Gasteiger partial charge >= 0.3 is 0 Å². The van der Waals surface area contributed by atoms with Crippen LogP contribution in [-0.4, -0.2) is 12.7 Å². The summed E-state index contributed by atoms with van der Waals surface area (Å²) in [6.45, 7) is 0.862. The van der Waals surface area contributed by atoms with Crippen LogP contribution in [0.1, 0.15) is 32.1 Å². The number of rotatable bonds is 6.